The molecule has 0 aliphatic rings. The lowest BCUT2D eigenvalue weighted by Crippen LogP contribution is -2.56. The Hall–Kier alpha value is 3.19. The Labute approximate surface area is 148 Å². The van der Waals surface area contributed by atoms with Gasteiger partial charge >= 0.3 is 0 Å². The molecular weight excluding hydrogens is 450 g/mol. The maximum Gasteiger partial charge on any atom is 0.226 e. The molecule has 0 amide bonds. The van der Waals surface area contributed by atoms with E-state index in [-0.39, 0.29) is 0 Å². The molecule has 0 aromatic rings. The standard InChI is InChI=1S/C5Cl11/c6-1(7)2(8,9)3(10,11)4(12,13)5(14,15)16. The van der Waals surface area contributed by atoms with Crippen LogP contribution in [-0.4, -0.2) is 16.8 Å². The van der Waals surface area contributed by atoms with Gasteiger partial charge in [-0.25, -0.2) is 0 Å². The number of halogens is 11. The van der Waals surface area contributed by atoms with Crippen LogP contribution in [0.3, 0.4) is 0 Å². The van der Waals surface area contributed by atoms with Crippen LogP contribution in [0.25, 0.3) is 0 Å². The van der Waals surface area contributed by atoms with Crippen molar-refractivity contribution in [2.75, 3.05) is 0 Å². The maximum absolute atomic E-state index is 5.79. The molecule has 0 saturated heterocycles. The number of hydrogen-bond acceptors (Lipinski definition) is 0. The van der Waals surface area contributed by atoms with Crippen molar-refractivity contribution in [2.24, 2.45) is 0 Å². The third kappa shape index (κ3) is 3.44. The summed E-state index contributed by atoms with van der Waals surface area (Å²) in [7, 11) is 0. The van der Waals surface area contributed by atoms with Crippen LogP contribution in [-0.2, 0) is 0 Å². The molecule has 0 aliphatic heterocycles. The zero-order valence-corrected chi connectivity index (χ0v) is 15.0. The van der Waals surface area contributed by atoms with Crippen LogP contribution >= 0.6 is 128 Å². The molecule has 0 rings (SSSR count). The summed E-state index contributed by atoms with van der Waals surface area (Å²) in [6, 6.07) is 0. The van der Waals surface area contributed by atoms with Crippen molar-refractivity contribution in [3.05, 3.63) is 4.84 Å². The van der Waals surface area contributed by atoms with Gasteiger partial charge in [0.2, 0.25) is 8.13 Å². The fraction of sp³-hybridized carbons (Fsp3) is 0.800. The second-order valence-electron chi connectivity index (χ2n) is 2.48. The molecule has 0 aromatic carbocycles. The van der Waals surface area contributed by atoms with Crippen LogP contribution in [0.15, 0.2) is 0 Å². The van der Waals surface area contributed by atoms with Gasteiger partial charge in [0.15, 0.2) is 13.5 Å². The van der Waals surface area contributed by atoms with Gasteiger partial charge in [-0.1, -0.05) is 128 Å². The number of rotatable bonds is 3. The first kappa shape index (κ1) is 19.2. The van der Waals surface area contributed by atoms with Gasteiger partial charge in [-0.3, -0.25) is 0 Å². The molecule has 0 saturated carbocycles. The summed E-state index contributed by atoms with van der Waals surface area (Å²) in [5.74, 6) is 0. The first-order valence-electron chi connectivity index (χ1n) is 3.08. The van der Waals surface area contributed by atoms with E-state index in [2.05, 4.69) is 0 Å². The highest BCUT2D eigenvalue weighted by atomic mass is 35.6. The van der Waals surface area contributed by atoms with E-state index in [9.17, 15) is 0 Å². The van der Waals surface area contributed by atoms with Crippen LogP contribution in [0.2, 0.25) is 0 Å². The molecule has 97 valence electrons. The van der Waals surface area contributed by atoms with Crippen LogP contribution < -0.4 is 0 Å². The summed E-state index contributed by atoms with van der Waals surface area (Å²) < 4.78 is -9.33. The van der Waals surface area contributed by atoms with Gasteiger partial charge in [0.05, 0.1) is 0 Å². The van der Waals surface area contributed by atoms with E-state index in [1.807, 2.05) is 0 Å². The first-order chi connectivity index (χ1) is 6.69. The zero-order valence-electron chi connectivity index (χ0n) is 6.66. The molecule has 11 heteroatoms. The van der Waals surface area contributed by atoms with E-state index in [0.717, 1.165) is 0 Å². The van der Waals surface area contributed by atoms with Gasteiger partial charge < -0.3 is 0 Å². The topological polar surface area (TPSA) is 0 Å². The second kappa shape index (κ2) is 5.90. The first-order valence-corrected chi connectivity index (χ1v) is 7.24. The molecule has 0 nitrogen and oxygen atoms in total. The summed E-state index contributed by atoms with van der Waals surface area (Å²) in [5.41, 5.74) is 0. The van der Waals surface area contributed by atoms with E-state index in [1.165, 1.54) is 0 Å². The van der Waals surface area contributed by atoms with Crippen LogP contribution in [0.5, 0.6) is 0 Å². The van der Waals surface area contributed by atoms with Gasteiger partial charge in [0, 0.05) is 0 Å². The molecule has 0 bridgehead atoms. The fourth-order valence-electron chi connectivity index (χ4n) is 0.494. The smallest absolute Gasteiger partial charge is 0.0946 e. The second-order valence-corrected chi connectivity index (χ2v) is 9.69. The number of alkyl halides is 9. The lowest BCUT2D eigenvalue weighted by atomic mass is 10.2. The van der Waals surface area contributed by atoms with Gasteiger partial charge in [0.1, 0.15) is 0 Å². The van der Waals surface area contributed by atoms with E-state index in [1.54, 1.807) is 0 Å². The van der Waals surface area contributed by atoms with Gasteiger partial charge in [-0.2, -0.15) is 0 Å². The highest BCUT2D eigenvalue weighted by Crippen LogP contribution is 2.65. The lowest BCUT2D eigenvalue weighted by Gasteiger charge is -2.43. The Morgan fingerprint density at radius 3 is 1.06 bits per heavy atom. The Kier molecular flexibility index (Phi) is 7.07. The molecule has 1 radical (unpaired) electrons. The van der Waals surface area contributed by atoms with Gasteiger partial charge in [-0.05, 0) is 0 Å². The average molecular weight is 450 g/mol. The van der Waals surface area contributed by atoms with Crippen molar-refractivity contribution < 1.29 is 0 Å². The largest absolute Gasteiger partial charge is 0.226 e. The lowest BCUT2D eigenvalue weighted by molar-refractivity contribution is 0.628. The molecule has 0 unspecified atom stereocenters. The minimum absolute atomic E-state index is 0.610. The Morgan fingerprint density at radius 2 is 0.875 bits per heavy atom. The quantitative estimate of drug-likeness (QED) is 0.413. The number of hydrogen-bond donors (Lipinski definition) is 0. The predicted octanol–water partition coefficient (Wildman–Crippen LogP) is 6.85. The summed E-state index contributed by atoms with van der Waals surface area (Å²) in [6.07, 6.45) is 0. The molecule has 0 fully saturated rings. The van der Waals surface area contributed by atoms with Crippen molar-refractivity contribution in [3.63, 3.8) is 0 Å². The Bertz CT molecular complexity index is 248. The molecule has 0 aliphatic carbocycles. The minimum atomic E-state index is -2.39. The van der Waals surface area contributed by atoms with E-state index in [4.69, 9.17) is 128 Å². The van der Waals surface area contributed by atoms with Crippen LogP contribution in [0.1, 0.15) is 0 Å². The van der Waals surface area contributed by atoms with E-state index >= 15 is 0 Å². The van der Waals surface area contributed by atoms with E-state index < -0.39 is 21.6 Å². The van der Waals surface area contributed by atoms with E-state index in [0.29, 0.717) is 0 Å². The SMILES string of the molecule is Cl[C](Cl)C(Cl)(Cl)C(Cl)(Cl)C(Cl)(Cl)C(Cl)(Cl)Cl. The average Bonchev–Trinajstić information content (AvgIpc) is 2.00. The van der Waals surface area contributed by atoms with Crippen molar-refractivity contribution in [1.29, 1.82) is 0 Å². The summed E-state index contributed by atoms with van der Waals surface area (Å²) in [4.78, 5) is -0.610. The molecule has 0 heterocycles. The van der Waals surface area contributed by atoms with Gasteiger partial charge in [0.25, 0.3) is 0 Å². The Balaban J connectivity index is 5.53. The zero-order chi connectivity index (χ0) is 13.6. The van der Waals surface area contributed by atoms with Crippen molar-refractivity contribution in [2.45, 2.75) is 16.8 Å². The minimum Gasteiger partial charge on any atom is -0.0946 e. The fourth-order valence-corrected chi connectivity index (χ4v) is 2.92. The summed E-state index contributed by atoms with van der Waals surface area (Å²) in [5, 5.41) is 0. The normalized spacial score (nSPS) is 15.8. The van der Waals surface area contributed by atoms with Gasteiger partial charge in [-0.15, -0.1) is 0 Å². The molecular formula is C5Cl11. The Morgan fingerprint density at radius 1 is 0.562 bits per heavy atom. The van der Waals surface area contributed by atoms with Crippen molar-refractivity contribution in [1.82, 2.24) is 0 Å². The third-order valence-corrected chi connectivity index (χ3v) is 7.75. The molecule has 0 N–H and O–H groups in total. The molecule has 0 spiro atoms. The maximum atomic E-state index is 5.79. The highest BCUT2D eigenvalue weighted by Gasteiger charge is 2.70. The highest BCUT2D eigenvalue weighted by molar-refractivity contribution is 6.81. The summed E-state index contributed by atoms with van der Waals surface area (Å²) in [6.45, 7) is 0. The summed E-state index contributed by atoms with van der Waals surface area (Å²) >= 11 is 61.8. The molecule has 0 aromatic heterocycles. The van der Waals surface area contributed by atoms with Crippen molar-refractivity contribution in [3.8, 4) is 0 Å². The van der Waals surface area contributed by atoms with Crippen LogP contribution in [0.4, 0.5) is 0 Å². The monoisotopic (exact) mass is 445 g/mol. The van der Waals surface area contributed by atoms with Crippen molar-refractivity contribution >= 4 is 128 Å². The van der Waals surface area contributed by atoms with Crippen LogP contribution in [0, 0.1) is 4.84 Å². The third-order valence-electron chi connectivity index (χ3n) is 1.38. The molecule has 16 heavy (non-hydrogen) atoms. The molecule has 0 atom stereocenters. The predicted molar refractivity (Wildman–Crippen MR) is 78.5 cm³/mol.